The van der Waals surface area contributed by atoms with Crippen LogP contribution in [0.25, 0.3) is 0 Å². The van der Waals surface area contributed by atoms with Crippen LogP contribution in [0.4, 0.5) is 0 Å². The fourth-order valence-electron chi connectivity index (χ4n) is 3.11. The lowest BCUT2D eigenvalue weighted by Gasteiger charge is -2.17. The van der Waals surface area contributed by atoms with Gasteiger partial charge in [-0.3, -0.25) is 0 Å². The number of guanidine groups is 1. The van der Waals surface area contributed by atoms with E-state index in [1.54, 1.807) is 13.4 Å². The molecule has 2 heterocycles. The quantitative estimate of drug-likeness (QED) is 0.471. The average molecular weight is 402 g/mol. The summed E-state index contributed by atoms with van der Waals surface area (Å²) in [6.45, 7) is 4.85. The van der Waals surface area contributed by atoms with Gasteiger partial charge in [0.25, 0.3) is 0 Å². The lowest BCUT2D eigenvalue weighted by Crippen LogP contribution is -2.42. The van der Waals surface area contributed by atoms with Crippen LogP contribution >= 0.6 is 0 Å². The molecule has 1 aromatic carbocycles. The Balaban J connectivity index is 1.51. The third-order valence-corrected chi connectivity index (χ3v) is 4.65. The van der Waals surface area contributed by atoms with Crippen molar-refractivity contribution in [2.45, 2.75) is 38.4 Å². The van der Waals surface area contributed by atoms with E-state index in [4.69, 9.17) is 23.6 Å². The number of benzene rings is 1. The van der Waals surface area contributed by atoms with Gasteiger partial charge in [0.1, 0.15) is 23.4 Å². The highest BCUT2D eigenvalue weighted by molar-refractivity contribution is 5.79. The molecule has 7 heteroatoms. The topological polar surface area (TPSA) is 77.2 Å². The van der Waals surface area contributed by atoms with Crippen molar-refractivity contribution in [1.29, 1.82) is 0 Å². The summed E-state index contributed by atoms with van der Waals surface area (Å²) in [6, 6.07) is 11.5. The van der Waals surface area contributed by atoms with E-state index in [0.717, 1.165) is 62.2 Å². The Morgan fingerprint density at radius 1 is 1.24 bits per heavy atom. The van der Waals surface area contributed by atoms with Crippen molar-refractivity contribution in [2.75, 3.05) is 33.4 Å². The van der Waals surface area contributed by atoms with Crippen LogP contribution in [0.1, 0.15) is 25.5 Å². The Hall–Kier alpha value is -2.67. The van der Waals surface area contributed by atoms with E-state index in [9.17, 15) is 0 Å². The summed E-state index contributed by atoms with van der Waals surface area (Å²) in [6.07, 6.45) is 4.87. The van der Waals surface area contributed by atoms with E-state index in [0.29, 0.717) is 6.54 Å². The lowest BCUT2D eigenvalue weighted by atomic mass is 10.2. The molecule has 1 fully saturated rings. The zero-order chi connectivity index (χ0) is 20.3. The SMILES string of the molecule is COc1cccc(OC(C)CN=C(NCCc2ccco2)NCC2CCCO2)c1. The largest absolute Gasteiger partial charge is 0.497 e. The summed E-state index contributed by atoms with van der Waals surface area (Å²) in [4.78, 5) is 4.69. The number of nitrogens with one attached hydrogen (secondary N) is 2. The summed E-state index contributed by atoms with van der Waals surface area (Å²) in [5, 5.41) is 6.75. The molecule has 2 N–H and O–H groups in total. The molecule has 1 aliphatic rings. The van der Waals surface area contributed by atoms with E-state index in [1.165, 1.54) is 0 Å². The monoisotopic (exact) mass is 401 g/mol. The maximum atomic E-state index is 5.97. The Labute approximate surface area is 172 Å². The van der Waals surface area contributed by atoms with Gasteiger partial charge in [0.15, 0.2) is 5.96 Å². The molecule has 158 valence electrons. The third kappa shape index (κ3) is 7.34. The second-order valence-corrected chi connectivity index (χ2v) is 7.07. The predicted octanol–water partition coefficient (Wildman–Crippen LogP) is 3.01. The predicted molar refractivity (Wildman–Crippen MR) is 113 cm³/mol. The van der Waals surface area contributed by atoms with Gasteiger partial charge in [0.05, 0.1) is 26.0 Å². The van der Waals surface area contributed by atoms with Crippen molar-refractivity contribution in [2.24, 2.45) is 4.99 Å². The van der Waals surface area contributed by atoms with Gasteiger partial charge >= 0.3 is 0 Å². The number of methoxy groups -OCH3 is 1. The van der Waals surface area contributed by atoms with Crippen LogP contribution in [0.15, 0.2) is 52.1 Å². The number of hydrogen-bond donors (Lipinski definition) is 2. The molecule has 0 saturated carbocycles. The molecule has 29 heavy (non-hydrogen) atoms. The van der Waals surface area contributed by atoms with Gasteiger partial charge in [-0.2, -0.15) is 0 Å². The molecule has 1 saturated heterocycles. The second kappa shape index (κ2) is 11.4. The fourth-order valence-corrected chi connectivity index (χ4v) is 3.11. The molecule has 2 unspecified atom stereocenters. The summed E-state index contributed by atoms with van der Waals surface area (Å²) in [5.74, 6) is 3.25. The van der Waals surface area contributed by atoms with Gasteiger partial charge in [0.2, 0.25) is 0 Å². The first-order valence-electron chi connectivity index (χ1n) is 10.2. The third-order valence-electron chi connectivity index (χ3n) is 4.65. The summed E-state index contributed by atoms with van der Waals surface area (Å²) < 4.78 is 22.3. The minimum absolute atomic E-state index is 0.0755. The zero-order valence-electron chi connectivity index (χ0n) is 17.2. The molecular weight excluding hydrogens is 370 g/mol. The van der Waals surface area contributed by atoms with E-state index < -0.39 is 0 Å². The Morgan fingerprint density at radius 2 is 2.14 bits per heavy atom. The van der Waals surface area contributed by atoms with Gasteiger partial charge in [-0.1, -0.05) is 6.07 Å². The number of furan rings is 1. The smallest absolute Gasteiger partial charge is 0.191 e. The van der Waals surface area contributed by atoms with Gasteiger partial charge in [-0.05, 0) is 44.0 Å². The van der Waals surface area contributed by atoms with Crippen LogP contribution in [-0.4, -0.2) is 51.5 Å². The van der Waals surface area contributed by atoms with Gasteiger partial charge in [0, 0.05) is 32.2 Å². The molecule has 2 atom stereocenters. The minimum atomic E-state index is -0.0755. The van der Waals surface area contributed by atoms with Crippen LogP contribution in [0.5, 0.6) is 11.5 Å². The molecule has 2 aromatic rings. The number of aliphatic imine (C=N–C) groups is 1. The van der Waals surface area contributed by atoms with Crippen molar-refractivity contribution >= 4 is 5.96 Å². The normalized spacial score (nSPS) is 17.7. The maximum absolute atomic E-state index is 5.97. The first-order chi connectivity index (χ1) is 14.2. The second-order valence-electron chi connectivity index (χ2n) is 7.07. The average Bonchev–Trinajstić information content (AvgIpc) is 3.44. The van der Waals surface area contributed by atoms with Crippen LogP contribution in [0.3, 0.4) is 0 Å². The van der Waals surface area contributed by atoms with Gasteiger partial charge in [-0.25, -0.2) is 4.99 Å². The molecule has 3 rings (SSSR count). The van der Waals surface area contributed by atoms with E-state index >= 15 is 0 Å². The Bertz CT molecular complexity index is 742. The number of rotatable bonds is 10. The Kier molecular flexibility index (Phi) is 8.25. The number of ether oxygens (including phenoxy) is 3. The molecule has 1 aromatic heterocycles. The fraction of sp³-hybridized carbons (Fsp3) is 0.500. The van der Waals surface area contributed by atoms with E-state index in [-0.39, 0.29) is 12.2 Å². The molecule has 0 amide bonds. The van der Waals surface area contributed by atoms with Gasteiger partial charge in [-0.15, -0.1) is 0 Å². The highest BCUT2D eigenvalue weighted by Gasteiger charge is 2.16. The lowest BCUT2D eigenvalue weighted by molar-refractivity contribution is 0.113. The van der Waals surface area contributed by atoms with E-state index in [1.807, 2.05) is 43.3 Å². The summed E-state index contributed by atoms with van der Waals surface area (Å²) in [5.41, 5.74) is 0. The highest BCUT2D eigenvalue weighted by Crippen LogP contribution is 2.20. The van der Waals surface area contributed by atoms with Gasteiger partial charge < -0.3 is 29.3 Å². The van der Waals surface area contributed by atoms with Crippen molar-refractivity contribution in [3.8, 4) is 11.5 Å². The minimum Gasteiger partial charge on any atom is -0.497 e. The molecule has 0 spiro atoms. The van der Waals surface area contributed by atoms with E-state index in [2.05, 4.69) is 10.6 Å². The molecular formula is C22H31N3O4. The molecule has 0 aliphatic carbocycles. The first kappa shape index (κ1) is 21.0. The first-order valence-corrected chi connectivity index (χ1v) is 10.2. The van der Waals surface area contributed by atoms with Crippen LogP contribution < -0.4 is 20.1 Å². The maximum Gasteiger partial charge on any atom is 0.191 e. The highest BCUT2D eigenvalue weighted by atomic mass is 16.5. The summed E-state index contributed by atoms with van der Waals surface area (Å²) in [7, 11) is 1.65. The number of nitrogens with zero attached hydrogens (tertiary/aromatic N) is 1. The van der Waals surface area contributed by atoms with Crippen molar-refractivity contribution in [1.82, 2.24) is 10.6 Å². The molecule has 0 radical (unpaired) electrons. The van der Waals surface area contributed by atoms with Crippen LogP contribution in [0, 0.1) is 0 Å². The molecule has 0 bridgehead atoms. The van der Waals surface area contributed by atoms with Crippen LogP contribution in [0.2, 0.25) is 0 Å². The zero-order valence-corrected chi connectivity index (χ0v) is 17.2. The Morgan fingerprint density at radius 3 is 2.90 bits per heavy atom. The molecule has 7 nitrogen and oxygen atoms in total. The number of hydrogen-bond acceptors (Lipinski definition) is 5. The van der Waals surface area contributed by atoms with Crippen molar-refractivity contribution in [3.63, 3.8) is 0 Å². The van der Waals surface area contributed by atoms with Crippen molar-refractivity contribution in [3.05, 3.63) is 48.4 Å². The summed E-state index contributed by atoms with van der Waals surface area (Å²) >= 11 is 0. The molecule has 1 aliphatic heterocycles. The van der Waals surface area contributed by atoms with Crippen LogP contribution in [-0.2, 0) is 11.2 Å². The standard InChI is InChI=1S/C22H31N3O4/c1-17(29-20-7-3-6-19(14-20)26-2)15-24-22(25-16-21-9-5-13-28-21)23-11-10-18-8-4-12-27-18/h3-4,6-8,12,14,17,21H,5,9-11,13,15-16H2,1-2H3,(H2,23,24,25). The van der Waals surface area contributed by atoms with Crippen molar-refractivity contribution < 1.29 is 18.6 Å².